The lowest BCUT2D eigenvalue weighted by Crippen LogP contribution is -2.52. The minimum absolute atomic E-state index is 0.00360. The van der Waals surface area contributed by atoms with Crippen LogP contribution < -0.4 is 15.2 Å². The van der Waals surface area contributed by atoms with Crippen molar-refractivity contribution in [3.63, 3.8) is 0 Å². The summed E-state index contributed by atoms with van der Waals surface area (Å²) < 4.78 is 11.6. The first kappa shape index (κ1) is 26.7. The standard InChI is InChI=1S/C28H33N3O5/c1-7-11-22-16-20(14-15-24(22)36-28(3,4)26(32)33)17-31(6,27(34)29-5)18-23-19(2)35-25(30-23)21-12-9-8-10-13-21/h7-10,12-16H,1,11,17-18H2,2-6H3,(H-,29,32,33,34). The van der Waals surface area contributed by atoms with Crippen molar-refractivity contribution in [3.8, 4) is 17.2 Å². The number of benzene rings is 2. The summed E-state index contributed by atoms with van der Waals surface area (Å²) in [7, 11) is 3.44. The summed E-state index contributed by atoms with van der Waals surface area (Å²) in [6, 6.07) is 14.9. The number of carboxylic acid groups (broad SMARTS) is 1. The van der Waals surface area contributed by atoms with Crippen LogP contribution in [0.25, 0.3) is 11.5 Å². The van der Waals surface area contributed by atoms with Crippen molar-refractivity contribution in [1.82, 2.24) is 10.3 Å². The molecule has 0 aliphatic carbocycles. The van der Waals surface area contributed by atoms with Crippen LogP contribution in [0.1, 0.15) is 36.4 Å². The summed E-state index contributed by atoms with van der Waals surface area (Å²) in [5, 5.41) is 14.2. The molecule has 0 aliphatic heterocycles. The number of aryl methyl sites for hydroxylation is 1. The molecule has 36 heavy (non-hydrogen) atoms. The summed E-state index contributed by atoms with van der Waals surface area (Å²) in [5.74, 6) is 0.291. The molecule has 3 rings (SSSR count). The number of nitrogens with one attached hydrogen (secondary N) is 1. The fraction of sp³-hybridized carbons (Fsp3) is 0.321. The van der Waals surface area contributed by atoms with Crippen LogP contribution in [-0.2, 0) is 24.3 Å². The predicted octanol–water partition coefficient (Wildman–Crippen LogP) is 3.77. The minimum atomic E-state index is -1.49. The third-order valence-corrected chi connectivity index (χ3v) is 5.99. The van der Waals surface area contributed by atoms with Gasteiger partial charge in [-0.25, -0.2) is 14.3 Å². The zero-order valence-electron chi connectivity index (χ0n) is 21.5. The van der Waals surface area contributed by atoms with Crippen molar-refractivity contribution in [3.05, 3.63) is 83.8 Å². The molecular weight excluding hydrogens is 458 g/mol. The number of carboxylic acids is 1. The Morgan fingerprint density at radius 3 is 2.50 bits per heavy atom. The number of ether oxygens (including phenoxy) is 1. The molecule has 1 atom stereocenters. The van der Waals surface area contributed by atoms with E-state index in [9.17, 15) is 14.7 Å². The van der Waals surface area contributed by atoms with Crippen LogP contribution in [0, 0.1) is 6.92 Å². The molecule has 190 valence electrons. The van der Waals surface area contributed by atoms with Crippen LogP contribution in [0.5, 0.6) is 5.75 Å². The molecule has 0 fully saturated rings. The quantitative estimate of drug-likeness (QED) is 0.342. The number of aliphatic carboxylic acids is 1. The number of quaternary nitrogens is 1. The number of urea groups is 1. The SMILES string of the molecule is C=CCc1cc(C[N+](C)(Cc2nc(-c3ccccc3)oc2C)C(=O)NC)ccc1OC(C)(C)C(=O)[O-]. The van der Waals surface area contributed by atoms with Crippen LogP contribution in [-0.4, -0.2) is 41.2 Å². The number of amides is 2. The van der Waals surface area contributed by atoms with Crippen LogP contribution in [0.15, 0.2) is 65.6 Å². The smallest absolute Gasteiger partial charge is 0.416 e. The largest absolute Gasteiger partial charge is 0.546 e. The lowest BCUT2D eigenvalue weighted by molar-refractivity contribution is -0.858. The molecule has 0 saturated carbocycles. The number of carbonyl (C=O) groups excluding carboxylic acids is 2. The zero-order chi connectivity index (χ0) is 26.5. The molecule has 0 saturated heterocycles. The first-order chi connectivity index (χ1) is 17.0. The van der Waals surface area contributed by atoms with Crippen molar-refractivity contribution in [2.45, 2.75) is 45.9 Å². The highest BCUT2D eigenvalue weighted by Gasteiger charge is 2.34. The van der Waals surface area contributed by atoms with Gasteiger partial charge in [-0.2, -0.15) is 0 Å². The number of allylic oxidation sites excluding steroid dienone is 1. The Morgan fingerprint density at radius 2 is 1.89 bits per heavy atom. The number of nitrogens with zero attached hydrogens (tertiary/aromatic N) is 2. The Bertz CT molecular complexity index is 1250. The molecule has 8 nitrogen and oxygen atoms in total. The molecule has 1 aromatic heterocycles. The van der Waals surface area contributed by atoms with E-state index in [1.165, 1.54) is 13.8 Å². The van der Waals surface area contributed by atoms with Crippen LogP contribution in [0.3, 0.4) is 0 Å². The van der Waals surface area contributed by atoms with Gasteiger partial charge in [0.2, 0.25) is 5.89 Å². The Hall–Kier alpha value is -3.91. The van der Waals surface area contributed by atoms with E-state index in [0.717, 1.165) is 16.7 Å². The minimum Gasteiger partial charge on any atom is -0.546 e. The zero-order valence-corrected chi connectivity index (χ0v) is 21.5. The monoisotopic (exact) mass is 491 g/mol. The second-order valence-corrected chi connectivity index (χ2v) is 9.49. The van der Waals surface area contributed by atoms with E-state index in [-0.39, 0.29) is 10.5 Å². The summed E-state index contributed by atoms with van der Waals surface area (Å²) in [5.41, 5.74) is 1.71. The molecule has 0 radical (unpaired) electrons. The molecule has 1 heterocycles. The molecule has 3 aromatic rings. The van der Waals surface area contributed by atoms with Crippen molar-refractivity contribution in [2.75, 3.05) is 14.1 Å². The average molecular weight is 492 g/mol. The van der Waals surface area contributed by atoms with Gasteiger partial charge in [-0.05, 0) is 63.1 Å². The highest BCUT2D eigenvalue weighted by atomic mass is 16.5. The van der Waals surface area contributed by atoms with Gasteiger partial charge in [-0.1, -0.05) is 24.3 Å². The Balaban J connectivity index is 1.92. The molecule has 1 N–H and O–H groups in total. The van der Waals surface area contributed by atoms with E-state index in [1.54, 1.807) is 19.2 Å². The van der Waals surface area contributed by atoms with E-state index in [4.69, 9.17) is 9.15 Å². The normalized spacial score (nSPS) is 13.0. The third-order valence-electron chi connectivity index (χ3n) is 5.99. The Labute approximate surface area is 211 Å². The molecule has 0 bridgehead atoms. The summed E-state index contributed by atoms with van der Waals surface area (Å²) in [6.45, 7) is 9.20. The number of hydrogen-bond acceptors (Lipinski definition) is 6. The first-order valence-electron chi connectivity index (χ1n) is 11.7. The van der Waals surface area contributed by atoms with Gasteiger partial charge in [0.05, 0.1) is 13.0 Å². The highest BCUT2D eigenvalue weighted by Crippen LogP contribution is 2.29. The van der Waals surface area contributed by atoms with Gasteiger partial charge in [-0.3, -0.25) is 0 Å². The van der Waals surface area contributed by atoms with Crippen LogP contribution >= 0.6 is 0 Å². The maximum atomic E-state index is 13.1. The van der Waals surface area contributed by atoms with E-state index in [2.05, 4.69) is 16.9 Å². The van der Waals surface area contributed by atoms with Crippen molar-refractivity contribution >= 4 is 12.0 Å². The van der Waals surface area contributed by atoms with Gasteiger partial charge in [0.1, 0.15) is 35.9 Å². The number of carbonyl (C=O) groups is 2. The Kier molecular flexibility index (Phi) is 8.00. The van der Waals surface area contributed by atoms with Crippen molar-refractivity contribution in [2.24, 2.45) is 0 Å². The van der Waals surface area contributed by atoms with Gasteiger partial charge in [0.15, 0.2) is 0 Å². The molecular formula is C28H33N3O5. The average Bonchev–Trinajstić information content (AvgIpc) is 3.20. The predicted molar refractivity (Wildman–Crippen MR) is 135 cm³/mol. The van der Waals surface area contributed by atoms with Gasteiger partial charge >= 0.3 is 6.03 Å². The summed E-state index contributed by atoms with van der Waals surface area (Å²) >= 11 is 0. The molecule has 2 aromatic carbocycles. The van der Waals surface area contributed by atoms with Crippen LogP contribution in [0.4, 0.5) is 4.79 Å². The van der Waals surface area contributed by atoms with Crippen molar-refractivity contribution < 1.29 is 28.3 Å². The summed E-state index contributed by atoms with van der Waals surface area (Å²) in [4.78, 5) is 29.2. The number of hydrogen-bond donors (Lipinski definition) is 1. The van der Waals surface area contributed by atoms with Gasteiger partial charge < -0.3 is 24.4 Å². The molecule has 2 amide bonds. The molecule has 1 unspecified atom stereocenters. The van der Waals surface area contributed by atoms with E-state index in [1.807, 2.05) is 56.4 Å². The summed E-state index contributed by atoms with van der Waals surface area (Å²) in [6.07, 6.45) is 2.19. The molecule has 0 spiro atoms. The van der Waals surface area contributed by atoms with Crippen LogP contribution in [0.2, 0.25) is 0 Å². The lowest BCUT2D eigenvalue weighted by atomic mass is 10.0. The first-order valence-corrected chi connectivity index (χ1v) is 11.7. The molecule has 0 aliphatic rings. The lowest BCUT2D eigenvalue weighted by Gasteiger charge is -2.31. The topological polar surface area (TPSA) is 104 Å². The second kappa shape index (κ2) is 10.8. The fourth-order valence-electron chi connectivity index (χ4n) is 3.94. The fourth-order valence-corrected chi connectivity index (χ4v) is 3.94. The second-order valence-electron chi connectivity index (χ2n) is 9.49. The number of oxazole rings is 1. The van der Waals surface area contributed by atoms with E-state index < -0.39 is 11.6 Å². The van der Waals surface area contributed by atoms with Gasteiger partial charge in [-0.15, -0.1) is 6.58 Å². The maximum Gasteiger partial charge on any atom is 0.416 e. The maximum absolute atomic E-state index is 13.1. The third kappa shape index (κ3) is 6.01. The highest BCUT2D eigenvalue weighted by molar-refractivity contribution is 5.74. The van der Waals surface area contributed by atoms with Crippen molar-refractivity contribution in [1.29, 1.82) is 0 Å². The van der Waals surface area contributed by atoms with E-state index in [0.29, 0.717) is 42.6 Å². The van der Waals surface area contributed by atoms with E-state index >= 15 is 0 Å². The molecule has 8 heteroatoms. The number of rotatable bonds is 10. The van der Waals surface area contributed by atoms with Gasteiger partial charge in [0, 0.05) is 18.2 Å². The van der Waals surface area contributed by atoms with Gasteiger partial charge in [0.25, 0.3) is 0 Å². The Morgan fingerprint density at radius 1 is 1.19 bits per heavy atom. The number of aromatic nitrogens is 1.